The lowest BCUT2D eigenvalue weighted by Gasteiger charge is -2.56. The Morgan fingerprint density at radius 1 is 1.29 bits per heavy atom. The second kappa shape index (κ2) is 5.08. The molecule has 3 aliphatic rings. The molecule has 24 heavy (non-hydrogen) atoms. The van der Waals surface area contributed by atoms with Gasteiger partial charge in [0.25, 0.3) is 0 Å². The van der Waals surface area contributed by atoms with Gasteiger partial charge in [0.1, 0.15) is 0 Å². The number of Topliss-reactive ketones (excluding diaryl/α,β-unsaturated/α-hetero) is 1. The number of esters is 1. The van der Waals surface area contributed by atoms with Gasteiger partial charge in [-0.25, -0.2) is 4.79 Å². The fourth-order valence-corrected chi connectivity index (χ4v) is 5.48. The summed E-state index contributed by atoms with van der Waals surface area (Å²) < 4.78 is 10.7. The fraction of sp³-hybridized carbons (Fsp3) is 0.600. The van der Waals surface area contributed by atoms with E-state index >= 15 is 0 Å². The number of ketones is 1. The molecule has 1 saturated heterocycles. The summed E-state index contributed by atoms with van der Waals surface area (Å²) >= 11 is 0. The fourth-order valence-electron chi connectivity index (χ4n) is 5.48. The zero-order chi connectivity index (χ0) is 17.1. The van der Waals surface area contributed by atoms with E-state index in [-0.39, 0.29) is 29.0 Å². The van der Waals surface area contributed by atoms with Crippen LogP contribution in [0.25, 0.3) is 0 Å². The Bertz CT molecular complexity index is 716. The van der Waals surface area contributed by atoms with Gasteiger partial charge in [-0.05, 0) is 48.6 Å². The number of ether oxygens (including phenoxy) is 1. The first-order chi connectivity index (χ1) is 11.4. The average molecular weight is 328 g/mol. The maximum atomic E-state index is 13.0. The van der Waals surface area contributed by atoms with E-state index in [2.05, 4.69) is 13.8 Å². The molecule has 1 aromatic heterocycles. The van der Waals surface area contributed by atoms with Gasteiger partial charge in [0.2, 0.25) is 0 Å². The average Bonchev–Trinajstić information content (AvgIpc) is 3.16. The van der Waals surface area contributed by atoms with Crippen LogP contribution in [0.2, 0.25) is 0 Å². The van der Waals surface area contributed by atoms with E-state index in [9.17, 15) is 9.59 Å². The van der Waals surface area contributed by atoms with Gasteiger partial charge >= 0.3 is 5.97 Å². The van der Waals surface area contributed by atoms with E-state index in [1.807, 2.05) is 19.1 Å². The number of hydrogen-bond donors (Lipinski definition) is 0. The zero-order valence-corrected chi connectivity index (χ0v) is 14.5. The molecule has 2 fully saturated rings. The van der Waals surface area contributed by atoms with Crippen LogP contribution in [0.4, 0.5) is 0 Å². The van der Waals surface area contributed by atoms with Crippen molar-refractivity contribution in [3.63, 3.8) is 0 Å². The highest BCUT2D eigenvalue weighted by atomic mass is 16.6. The minimum atomic E-state index is -0.599. The molecule has 0 bridgehead atoms. The lowest BCUT2D eigenvalue weighted by Crippen LogP contribution is -2.59. The van der Waals surface area contributed by atoms with Crippen LogP contribution in [-0.2, 0) is 20.7 Å². The maximum absolute atomic E-state index is 13.0. The van der Waals surface area contributed by atoms with Crippen molar-refractivity contribution in [1.82, 2.24) is 0 Å². The predicted molar refractivity (Wildman–Crippen MR) is 88.1 cm³/mol. The van der Waals surface area contributed by atoms with Crippen LogP contribution in [-0.4, -0.2) is 17.9 Å². The predicted octanol–water partition coefficient (Wildman–Crippen LogP) is 3.71. The van der Waals surface area contributed by atoms with E-state index in [0.717, 1.165) is 36.8 Å². The number of carbonyl (C=O) groups is 2. The van der Waals surface area contributed by atoms with Gasteiger partial charge in [0, 0.05) is 16.9 Å². The van der Waals surface area contributed by atoms with Gasteiger partial charge in [-0.1, -0.05) is 26.8 Å². The van der Waals surface area contributed by atoms with Crippen molar-refractivity contribution < 1.29 is 18.7 Å². The number of allylic oxidation sites excluding steroid dienone is 1. The van der Waals surface area contributed by atoms with E-state index in [1.165, 1.54) is 0 Å². The van der Waals surface area contributed by atoms with Gasteiger partial charge in [0.05, 0.1) is 12.5 Å². The van der Waals surface area contributed by atoms with Crippen LogP contribution in [0.15, 0.2) is 34.7 Å². The van der Waals surface area contributed by atoms with Gasteiger partial charge in [0.15, 0.2) is 11.9 Å². The lowest BCUT2D eigenvalue weighted by molar-refractivity contribution is -0.166. The molecule has 0 aromatic carbocycles. The molecule has 1 aromatic rings. The number of furan rings is 1. The van der Waals surface area contributed by atoms with Crippen molar-refractivity contribution in [1.29, 1.82) is 0 Å². The Morgan fingerprint density at radius 3 is 2.79 bits per heavy atom. The van der Waals surface area contributed by atoms with Crippen molar-refractivity contribution in [2.45, 2.75) is 52.6 Å². The molecule has 5 atom stereocenters. The summed E-state index contributed by atoms with van der Waals surface area (Å²) in [6.07, 6.45) is 8.56. The van der Waals surface area contributed by atoms with Gasteiger partial charge in [-0.3, -0.25) is 4.79 Å². The Hall–Kier alpha value is -1.84. The second-order valence-corrected chi connectivity index (χ2v) is 8.08. The van der Waals surface area contributed by atoms with E-state index in [0.29, 0.717) is 0 Å². The summed E-state index contributed by atoms with van der Waals surface area (Å²) in [6, 6.07) is 1.98. The van der Waals surface area contributed by atoms with Crippen LogP contribution < -0.4 is 0 Å². The van der Waals surface area contributed by atoms with Crippen LogP contribution in [0.5, 0.6) is 0 Å². The summed E-state index contributed by atoms with van der Waals surface area (Å²) in [7, 11) is 0. The van der Waals surface area contributed by atoms with Crippen LogP contribution in [0, 0.1) is 22.7 Å². The first kappa shape index (κ1) is 15.7. The summed E-state index contributed by atoms with van der Waals surface area (Å²) in [5, 5.41) is 0. The Labute approximate surface area is 142 Å². The maximum Gasteiger partial charge on any atom is 0.335 e. The first-order valence-corrected chi connectivity index (χ1v) is 8.85. The molecule has 0 amide bonds. The molecule has 0 N–H and O–H groups in total. The molecule has 4 rings (SSSR count). The van der Waals surface area contributed by atoms with E-state index in [4.69, 9.17) is 9.15 Å². The minimum absolute atomic E-state index is 0.0853. The molecule has 0 radical (unpaired) electrons. The molecule has 0 spiro atoms. The molecule has 4 nitrogen and oxygen atoms in total. The SMILES string of the molecule is C[C@@H]1C(=O)[C@@H]2OC(=O)C3=CCC[C@H]([C@@]1(C)CCc1ccoc1)[C@]32C. The van der Waals surface area contributed by atoms with E-state index in [1.54, 1.807) is 12.5 Å². The highest BCUT2D eigenvalue weighted by Gasteiger charge is 2.67. The van der Waals surface area contributed by atoms with Crippen molar-refractivity contribution in [2.24, 2.45) is 22.7 Å². The van der Waals surface area contributed by atoms with Crippen molar-refractivity contribution in [2.75, 3.05) is 0 Å². The third kappa shape index (κ3) is 1.86. The van der Waals surface area contributed by atoms with Gasteiger partial charge < -0.3 is 9.15 Å². The molecular weight excluding hydrogens is 304 g/mol. The smallest absolute Gasteiger partial charge is 0.335 e. The van der Waals surface area contributed by atoms with Gasteiger partial charge in [-0.2, -0.15) is 0 Å². The molecular formula is C20H24O4. The van der Waals surface area contributed by atoms with Crippen LogP contribution in [0.3, 0.4) is 0 Å². The number of aryl methyl sites for hydroxylation is 1. The van der Waals surface area contributed by atoms with Gasteiger partial charge in [-0.15, -0.1) is 0 Å². The largest absolute Gasteiger partial charge is 0.472 e. The van der Waals surface area contributed by atoms with Crippen LogP contribution in [0.1, 0.15) is 45.6 Å². The minimum Gasteiger partial charge on any atom is -0.472 e. The molecule has 2 heterocycles. The van der Waals surface area contributed by atoms with E-state index < -0.39 is 11.5 Å². The third-order valence-corrected chi connectivity index (χ3v) is 7.10. The number of hydrogen-bond acceptors (Lipinski definition) is 4. The van der Waals surface area contributed by atoms with Crippen molar-refractivity contribution >= 4 is 11.8 Å². The molecule has 2 aliphatic carbocycles. The highest BCUT2D eigenvalue weighted by Crippen LogP contribution is 2.63. The molecule has 1 saturated carbocycles. The standard InChI is InChI=1S/C20H24O4/c1-12-16(21)17-20(3)14(18(22)24-17)5-4-6-15(20)19(12,2)9-7-13-8-10-23-11-13/h5,8,10-12,15,17H,4,6-7,9H2,1-3H3/t12-,15-,17+,19+,20+/m1/s1. The topological polar surface area (TPSA) is 56.5 Å². The first-order valence-electron chi connectivity index (χ1n) is 8.85. The molecule has 1 aliphatic heterocycles. The normalized spacial score (nSPS) is 41.0. The van der Waals surface area contributed by atoms with Crippen molar-refractivity contribution in [3.05, 3.63) is 35.8 Å². The summed E-state index contributed by atoms with van der Waals surface area (Å²) in [5.74, 6) is -0.0345. The summed E-state index contributed by atoms with van der Waals surface area (Å²) in [5.41, 5.74) is 1.28. The molecule has 128 valence electrons. The highest BCUT2D eigenvalue weighted by molar-refractivity contribution is 6.01. The Kier molecular flexibility index (Phi) is 3.32. The third-order valence-electron chi connectivity index (χ3n) is 7.10. The number of rotatable bonds is 3. The molecule has 0 unspecified atom stereocenters. The summed E-state index contributed by atoms with van der Waals surface area (Å²) in [4.78, 5) is 25.4. The van der Waals surface area contributed by atoms with Crippen LogP contribution >= 0.6 is 0 Å². The number of carbonyl (C=O) groups excluding carboxylic acids is 2. The summed E-state index contributed by atoms with van der Waals surface area (Å²) in [6.45, 7) is 6.31. The Morgan fingerprint density at radius 2 is 2.08 bits per heavy atom. The quantitative estimate of drug-likeness (QED) is 0.794. The van der Waals surface area contributed by atoms with Crippen molar-refractivity contribution in [3.8, 4) is 0 Å². The second-order valence-electron chi connectivity index (χ2n) is 8.08. The lowest BCUT2D eigenvalue weighted by atomic mass is 9.46. The monoisotopic (exact) mass is 328 g/mol. The molecule has 4 heteroatoms. The Balaban J connectivity index is 1.74. The zero-order valence-electron chi connectivity index (χ0n) is 14.5.